The van der Waals surface area contributed by atoms with Gasteiger partial charge in [0.05, 0.1) is 23.0 Å². The van der Waals surface area contributed by atoms with Crippen LogP contribution in [0.25, 0.3) is 11.1 Å². The Labute approximate surface area is 165 Å². The van der Waals surface area contributed by atoms with Gasteiger partial charge in [0.2, 0.25) is 9.84 Å². The molecule has 1 aromatic heterocycles. The number of aromatic nitrogens is 1. The van der Waals surface area contributed by atoms with Crippen LogP contribution in [0.3, 0.4) is 0 Å². The fraction of sp³-hybridized carbons (Fsp3) is 0.227. The van der Waals surface area contributed by atoms with Crippen molar-refractivity contribution in [1.29, 1.82) is 0 Å². The largest absolute Gasteiger partial charge is 0.378 e. The molecule has 1 saturated heterocycles. The van der Waals surface area contributed by atoms with E-state index in [4.69, 9.17) is 4.74 Å². The van der Waals surface area contributed by atoms with Crippen molar-refractivity contribution in [3.05, 3.63) is 72.6 Å². The van der Waals surface area contributed by atoms with Gasteiger partial charge in [0, 0.05) is 31.2 Å². The standard InChI is InChI=1S/C22H22N2O3S/c1-17-16-23-8-7-22(17)18-13-19(24-9-11-27-12-10-24)15-21(14-18)28(25,26)20-5-3-2-4-6-20/h2-8,13-16H,9-12H2,1H3. The second-order valence-electron chi connectivity index (χ2n) is 6.82. The zero-order valence-electron chi connectivity index (χ0n) is 15.7. The first-order chi connectivity index (χ1) is 13.6. The summed E-state index contributed by atoms with van der Waals surface area (Å²) in [4.78, 5) is 6.93. The number of morpholine rings is 1. The minimum absolute atomic E-state index is 0.298. The molecule has 1 aliphatic rings. The summed E-state index contributed by atoms with van der Waals surface area (Å²) in [6.45, 7) is 4.74. The highest BCUT2D eigenvalue weighted by molar-refractivity contribution is 7.91. The number of rotatable bonds is 4. The highest BCUT2D eigenvalue weighted by atomic mass is 32.2. The van der Waals surface area contributed by atoms with Crippen molar-refractivity contribution in [3.63, 3.8) is 0 Å². The minimum atomic E-state index is -3.62. The smallest absolute Gasteiger partial charge is 0.206 e. The fourth-order valence-electron chi connectivity index (χ4n) is 3.43. The Bertz CT molecular complexity index is 1080. The van der Waals surface area contributed by atoms with Gasteiger partial charge in [0.25, 0.3) is 0 Å². The number of anilines is 1. The Morgan fingerprint density at radius 1 is 0.964 bits per heavy atom. The van der Waals surface area contributed by atoms with Crippen molar-refractivity contribution >= 4 is 15.5 Å². The average molecular weight is 394 g/mol. The molecule has 0 bridgehead atoms. The van der Waals surface area contributed by atoms with Crippen molar-refractivity contribution in [3.8, 4) is 11.1 Å². The van der Waals surface area contributed by atoms with Gasteiger partial charge < -0.3 is 9.64 Å². The molecule has 3 aromatic rings. The molecule has 4 rings (SSSR count). The van der Waals surface area contributed by atoms with E-state index in [1.165, 1.54) is 0 Å². The molecule has 0 amide bonds. The number of pyridine rings is 1. The van der Waals surface area contributed by atoms with Crippen molar-refractivity contribution in [2.75, 3.05) is 31.2 Å². The predicted molar refractivity (Wildman–Crippen MR) is 109 cm³/mol. The van der Waals surface area contributed by atoms with E-state index in [1.54, 1.807) is 48.8 Å². The number of sulfone groups is 1. The van der Waals surface area contributed by atoms with Crippen LogP contribution >= 0.6 is 0 Å². The molecule has 0 radical (unpaired) electrons. The van der Waals surface area contributed by atoms with Crippen molar-refractivity contribution in [2.45, 2.75) is 16.7 Å². The van der Waals surface area contributed by atoms with Crippen LogP contribution in [0.4, 0.5) is 5.69 Å². The molecule has 0 spiro atoms. The first-order valence-electron chi connectivity index (χ1n) is 9.24. The monoisotopic (exact) mass is 394 g/mol. The van der Waals surface area contributed by atoms with Crippen LogP contribution in [0.1, 0.15) is 5.56 Å². The summed E-state index contributed by atoms with van der Waals surface area (Å²) in [5.74, 6) is 0. The highest BCUT2D eigenvalue weighted by Gasteiger charge is 2.22. The highest BCUT2D eigenvalue weighted by Crippen LogP contribution is 2.33. The van der Waals surface area contributed by atoms with E-state index in [1.807, 2.05) is 19.1 Å². The van der Waals surface area contributed by atoms with Crippen LogP contribution in [0, 0.1) is 6.92 Å². The Morgan fingerprint density at radius 2 is 1.71 bits per heavy atom. The van der Waals surface area contributed by atoms with Crippen molar-refractivity contribution in [2.24, 2.45) is 0 Å². The van der Waals surface area contributed by atoms with Gasteiger partial charge in [-0.2, -0.15) is 0 Å². The van der Waals surface area contributed by atoms with Crippen LogP contribution < -0.4 is 4.90 Å². The van der Waals surface area contributed by atoms with Crippen molar-refractivity contribution in [1.82, 2.24) is 4.98 Å². The lowest BCUT2D eigenvalue weighted by Gasteiger charge is -2.29. The van der Waals surface area contributed by atoms with Gasteiger partial charge in [-0.05, 0) is 60.0 Å². The molecule has 1 aliphatic heterocycles. The lowest BCUT2D eigenvalue weighted by Crippen LogP contribution is -2.36. The normalized spacial score (nSPS) is 14.8. The number of hydrogen-bond acceptors (Lipinski definition) is 5. The van der Waals surface area contributed by atoms with Crippen LogP contribution in [0.2, 0.25) is 0 Å². The van der Waals surface area contributed by atoms with Crippen molar-refractivity contribution < 1.29 is 13.2 Å². The molecule has 0 saturated carbocycles. The number of ether oxygens (including phenoxy) is 1. The SMILES string of the molecule is Cc1cnccc1-c1cc(N2CCOCC2)cc(S(=O)(=O)c2ccccc2)c1. The predicted octanol–water partition coefficient (Wildman–Crippen LogP) is 3.73. The molecular weight excluding hydrogens is 372 g/mol. The van der Waals surface area contributed by atoms with Gasteiger partial charge in [-0.15, -0.1) is 0 Å². The maximum absolute atomic E-state index is 13.3. The minimum Gasteiger partial charge on any atom is -0.378 e. The Morgan fingerprint density at radius 3 is 2.43 bits per heavy atom. The molecular formula is C22H22N2O3S. The van der Waals surface area contributed by atoms with Crippen LogP contribution in [-0.4, -0.2) is 39.7 Å². The first kappa shape index (κ1) is 18.7. The molecule has 0 aliphatic carbocycles. The summed E-state index contributed by atoms with van der Waals surface area (Å²) in [5.41, 5.74) is 3.75. The summed E-state index contributed by atoms with van der Waals surface area (Å²) in [6, 6.07) is 16.1. The summed E-state index contributed by atoms with van der Waals surface area (Å²) in [6.07, 6.45) is 3.53. The molecule has 0 N–H and O–H groups in total. The lowest BCUT2D eigenvalue weighted by molar-refractivity contribution is 0.122. The molecule has 1 fully saturated rings. The molecule has 5 nitrogen and oxygen atoms in total. The van der Waals surface area contributed by atoms with E-state index in [2.05, 4.69) is 16.0 Å². The Hall–Kier alpha value is -2.70. The van der Waals surface area contributed by atoms with Gasteiger partial charge in [-0.25, -0.2) is 8.42 Å². The number of aryl methyl sites for hydroxylation is 1. The molecule has 2 heterocycles. The zero-order chi connectivity index (χ0) is 19.6. The molecule has 6 heteroatoms. The Kier molecular flexibility index (Phi) is 5.15. The maximum Gasteiger partial charge on any atom is 0.206 e. The molecule has 0 unspecified atom stereocenters. The van der Waals surface area contributed by atoms with E-state index in [9.17, 15) is 8.42 Å². The third-order valence-corrected chi connectivity index (χ3v) is 6.71. The topological polar surface area (TPSA) is 59.5 Å². The summed E-state index contributed by atoms with van der Waals surface area (Å²) in [5, 5.41) is 0. The summed E-state index contributed by atoms with van der Waals surface area (Å²) in [7, 11) is -3.62. The third-order valence-electron chi connectivity index (χ3n) is 4.96. The van der Waals surface area contributed by atoms with E-state index in [0.717, 1.165) is 35.5 Å². The van der Waals surface area contributed by atoms with Gasteiger partial charge in [-0.1, -0.05) is 18.2 Å². The molecule has 0 atom stereocenters. The fourth-order valence-corrected chi connectivity index (χ4v) is 4.78. The lowest BCUT2D eigenvalue weighted by atomic mass is 10.0. The van der Waals surface area contributed by atoms with Crippen LogP contribution in [0.15, 0.2) is 76.8 Å². The molecule has 2 aromatic carbocycles. The average Bonchev–Trinajstić information content (AvgIpc) is 2.75. The molecule has 144 valence electrons. The summed E-state index contributed by atoms with van der Waals surface area (Å²) >= 11 is 0. The van der Waals surface area contributed by atoms with E-state index in [0.29, 0.717) is 23.0 Å². The van der Waals surface area contributed by atoms with Gasteiger partial charge in [0.1, 0.15) is 0 Å². The van der Waals surface area contributed by atoms with Crippen LogP contribution in [-0.2, 0) is 14.6 Å². The zero-order valence-corrected chi connectivity index (χ0v) is 16.5. The molecule has 28 heavy (non-hydrogen) atoms. The number of hydrogen-bond donors (Lipinski definition) is 0. The summed E-state index contributed by atoms with van der Waals surface area (Å²) < 4.78 is 32.0. The third kappa shape index (κ3) is 3.66. The van der Waals surface area contributed by atoms with E-state index in [-0.39, 0.29) is 0 Å². The maximum atomic E-state index is 13.3. The van der Waals surface area contributed by atoms with Gasteiger partial charge >= 0.3 is 0 Å². The van der Waals surface area contributed by atoms with E-state index < -0.39 is 9.84 Å². The second-order valence-corrected chi connectivity index (χ2v) is 8.77. The number of nitrogens with zero attached hydrogens (tertiary/aromatic N) is 2. The quantitative estimate of drug-likeness (QED) is 0.675. The number of benzene rings is 2. The Balaban J connectivity index is 1.88. The first-order valence-corrected chi connectivity index (χ1v) is 10.7. The van der Waals surface area contributed by atoms with Gasteiger partial charge in [0.15, 0.2) is 0 Å². The van der Waals surface area contributed by atoms with Crippen LogP contribution in [0.5, 0.6) is 0 Å². The van der Waals surface area contributed by atoms with Gasteiger partial charge in [-0.3, -0.25) is 4.98 Å². The van der Waals surface area contributed by atoms with E-state index >= 15 is 0 Å². The second kappa shape index (κ2) is 7.73.